The molecule has 0 unspecified atom stereocenters. The number of amides is 3. The normalized spacial score (nSPS) is 11.8. The minimum Gasteiger partial charge on any atom is -0.445 e. The van der Waals surface area contributed by atoms with E-state index in [1.54, 1.807) is 0 Å². The van der Waals surface area contributed by atoms with Gasteiger partial charge in [0.25, 0.3) is 0 Å². The van der Waals surface area contributed by atoms with Crippen LogP contribution in [0.25, 0.3) is 0 Å². The van der Waals surface area contributed by atoms with E-state index in [-0.39, 0.29) is 6.61 Å². The summed E-state index contributed by atoms with van der Waals surface area (Å²) in [5.74, 6) is 0.293. The Kier molecular flexibility index (Phi) is 6.36. The predicted octanol–water partition coefficient (Wildman–Crippen LogP) is 1.95. The van der Waals surface area contributed by atoms with E-state index in [1.165, 1.54) is 0 Å². The molecule has 0 radical (unpaired) electrons. The Bertz CT molecular complexity index is 435. The smallest absolute Gasteiger partial charge is 0.409 e. The summed E-state index contributed by atoms with van der Waals surface area (Å²) in [5.41, 5.74) is 5.96. The van der Waals surface area contributed by atoms with Crippen molar-refractivity contribution in [1.82, 2.24) is 10.6 Å². The van der Waals surface area contributed by atoms with Crippen molar-refractivity contribution in [2.24, 2.45) is 11.7 Å². The van der Waals surface area contributed by atoms with E-state index in [9.17, 15) is 9.59 Å². The molecular formula is C14H21N3O3. The summed E-state index contributed by atoms with van der Waals surface area (Å²) >= 11 is 0. The molecule has 20 heavy (non-hydrogen) atoms. The SMILES string of the molecule is CC(C)C[C@@H](NC(N)=O)NC(=O)OCc1ccccc1. The zero-order valence-electron chi connectivity index (χ0n) is 11.8. The van der Waals surface area contributed by atoms with Gasteiger partial charge in [0.1, 0.15) is 12.8 Å². The quantitative estimate of drug-likeness (QED) is 0.695. The van der Waals surface area contributed by atoms with Crippen molar-refractivity contribution in [3.05, 3.63) is 35.9 Å². The topological polar surface area (TPSA) is 93.5 Å². The fourth-order valence-electron chi connectivity index (χ4n) is 1.70. The Morgan fingerprint density at radius 1 is 1.20 bits per heavy atom. The number of hydrogen-bond donors (Lipinski definition) is 3. The van der Waals surface area contributed by atoms with Gasteiger partial charge in [-0.3, -0.25) is 0 Å². The van der Waals surface area contributed by atoms with Gasteiger partial charge >= 0.3 is 12.1 Å². The molecule has 0 aliphatic rings. The van der Waals surface area contributed by atoms with Gasteiger partial charge in [0.2, 0.25) is 0 Å². The molecule has 1 aromatic rings. The van der Waals surface area contributed by atoms with Crippen LogP contribution in [0.5, 0.6) is 0 Å². The molecule has 0 bridgehead atoms. The summed E-state index contributed by atoms with van der Waals surface area (Å²) in [4.78, 5) is 22.5. The van der Waals surface area contributed by atoms with Crippen LogP contribution in [0.3, 0.4) is 0 Å². The average Bonchev–Trinajstić information content (AvgIpc) is 2.36. The standard InChI is InChI=1S/C14H21N3O3/c1-10(2)8-12(16-13(15)18)17-14(19)20-9-11-6-4-3-5-7-11/h3-7,10,12H,8-9H2,1-2H3,(H,17,19)(H3,15,16,18)/t12-/m0/s1. The third-order valence-electron chi connectivity index (χ3n) is 2.53. The molecule has 0 spiro atoms. The van der Waals surface area contributed by atoms with E-state index in [4.69, 9.17) is 10.5 Å². The number of hydrogen-bond acceptors (Lipinski definition) is 3. The van der Waals surface area contributed by atoms with Crippen molar-refractivity contribution in [3.8, 4) is 0 Å². The number of nitrogens with two attached hydrogens (primary N) is 1. The fourth-order valence-corrected chi connectivity index (χ4v) is 1.70. The van der Waals surface area contributed by atoms with Gasteiger partial charge in [-0.25, -0.2) is 9.59 Å². The third kappa shape index (κ3) is 6.63. The Balaban J connectivity index is 2.42. The molecule has 0 aliphatic carbocycles. The second kappa shape index (κ2) is 8.04. The first-order chi connectivity index (χ1) is 9.47. The number of benzene rings is 1. The highest BCUT2D eigenvalue weighted by atomic mass is 16.5. The molecule has 1 rings (SSSR count). The van der Waals surface area contributed by atoms with Gasteiger partial charge in [0.15, 0.2) is 0 Å². The Hall–Kier alpha value is -2.24. The second-order valence-electron chi connectivity index (χ2n) is 4.90. The van der Waals surface area contributed by atoms with Crippen LogP contribution in [0.2, 0.25) is 0 Å². The van der Waals surface area contributed by atoms with Crippen LogP contribution >= 0.6 is 0 Å². The molecule has 6 nitrogen and oxygen atoms in total. The number of carbonyl (C=O) groups is 2. The largest absolute Gasteiger partial charge is 0.445 e. The minimum atomic E-state index is -0.681. The zero-order valence-corrected chi connectivity index (χ0v) is 11.8. The number of carbonyl (C=O) groups excluding carboxylic acids is 2. The molecule has 0 aliphatic heterocycles. The Morgan fingerprint density at radius 3 is 2.40 bits per heavy atom. The lowest BCUT2D eigenvalue weighted by atomic mass is 10.1. The maximum atomic E-state index is 11.7. The summed E-state index contributed by atoms with van der Waals surface area (Å²) in [5, 5.41) is 5.04. The van der Waals surface area contributed by atoms with E-state index in [0.717, 1.165) is 5.56 Å². The third-order valence-corrected chi connectivity index (χ3v) is 2.53. The first-order valence-electron chi connectivity index (χ1n) is 6.50. The molecule has 0 fully saturated rings. The highest BCUT2D eigenvalue weighted by Gasteiger charge is 2.15. The van der Waals surface area contributed by atoms with Crippen LogP contribution < -0.4 is 16.4 Å². The van der Waals surface area contributed by atoms with Crippen molar-refractivity contribution in [3.63, 3.8) is 0 Å². The highest BCUT2D eigenvalue weighted by molar-refractivity contribution is 5.73. The number of alkyl carbamates (subject to hydrolysis) is 1. The van der Waals surface area contributed by atoms with Gasteiger partial charge in [-0.2, -0.15) is 0 Å². The van der Waals surface area contributed by atoms with Gasteiger partial charge in [-0.1, -0.05) is 44.2 Å². The molecular weight excluding hydrogens is 258 g/mol. The fraction of sp³-hybridized carbons (Fsp3) is 0.429. The molecule has 1 aromatic carbocycles. The van der Waals surface area contributed by atoms with Crippen LogP contribution in [0.4, 0.5) is 9.59 Å². The molecule has 6 heteroatoms. The molecule has 3 amide bonds. The van der Waals surface area contributed by atoms with E-state index in [2.05, 4.69) is 10.6 Å². The number of nitrogens with one attached hydrogen (secondary N) is 2. The lowest BCUT2D eigenvalue weighted by molar-refractivity contribution is 0.132. The van der Waals surface area contributed by atoms with Crippen molar-refractivity contribution < 1.29 is 14.3 Å². The molecule has 0 aromatic heterocycles. The number of urea groups is 1. The van der Waals surface area contributed by atoms with E-state index in [1.807, 2.05) is 44.2 Å². The van der Waals surface area contributed by atoms with Crippen molar-refractivity contribution in [2.45, 2.75) is 33.0 Å². The van der Waals surface area contributed by atoms with Gasteiger partial charge in [-0.15, -0.1) is 0 Å². The van der Waals surface area contributed by atoms with Crippen molar-refractivity contribution >= 4 is 12.1 Å². The van der Waals surface area contributed by atoms with Gasteiger partial charge < -0.3 is 21.1 Å². The molecule has 0 saturated carbocycles. The monoisotopic (exact) mass is 279 g/mol. The van der Waals surface area contributed by atoms with Crippen LogP contribution in [-0.4, -0.2) is 18.3 Å². The maximum Gasteiger partial charge on any atom is 0.409 e. The molecule has 4 N–H and O–H groups in total. The maximum absolute atomic E-state index is 11.7. The molecule has 0 heterocycles. The first kappa shape index (κ1) is 15.8. The summed E-state index contributed by atoms with van der Waals surface area (Å²) in [6, 6.07) is 8.67. The summed E-state index contributed by atoms with van der Waals surface area (Å²) in [6.45, 7) is 4.14. The lowest BCUT2D eigenvalue weighted by Gasteiger charge is -2.20. The lowest BCUT2D eigenvalue weighted by Crippen LogP contribution is -2.50. The van der Waals surface area contributed by atoms with Crippen LogP contribution in [0.1, 0.15) is 25.8 Å². The summed E-state index contributed by atoms with van der Waals surface area (Å²) < 4.78 is 5.08. The average molecular weight is 279 g/mol. The summed E-state index contributed by atoms with van der Waals surface area (Å²) in [6.07, 6.45) is -0.548. The Labute approximate surface area is 118 Å². The zero-order chi connectivity index (χ0) is 15.0. The van der Waals surface area contributed by atoms with Crippen LogP contribution in [-0.2, 0) is 11.3 Å². The van der Waals surface area contributed by atoms with Crippen LogP contribution in [0, 0.1) is 5.92 Å². The highest BCUT2D eigenvalue weighted by Crippen LogP contribution is 2.04. The Morgan fingerprint density at radius 2 is 1.85 bits per heavy atom. The number of primary amides is 1. The van der Waals surface area contributed by atoms with Crippen molar-refractivity contribution in [2.75, 3.05) is 0 Å². The second-order valence-corrected chi connectivity index (χ2v) is 4.90. The van der Waals surface area contributed by atoms with Crippen molar-refractivity contribution in [1.29, 1.82) is 0 Å². The molecule has 110 valence electrons. The van der Waals surface area contributed by atoms with Crippen LogP contribution in [0.15, 0.2) is 30.3 Å². The molecule has 1 atom stereocenters. The van der Waals surface area contributed by atoms with Gasteiger partial charge in [0, 0.05) is 0 Å². The number of rotatable bonds is 6. The number of ether oxygens (including phenoxy) is 1. The predicted molar refractivity (Wildman–Crippen MR) is 75.7 cm³/mol. The minimum absolute atomic E-state index is 0.178. The van der Waals surface area contributed by atoms with Gasteiger partial charge in [-0.05, 0) is 17.9 Å². The molecule has 0 saturated heterocycles. The first-order valence-corrected chi connectivity index (χ1v) is 6.50. The summed E-state index contributed by atoms with van der Waals surface area (Å²) in [7, 11) is 0. The van der Waals surface area contributed by atoms with E-state index >= 15 is 0 Å². The van der Waals surface area contributed by atoms with Gasteiger partial charge in [0.05, 0.1) is 0 Å². The van der Waals surface area contributed by atoms with E-state index < -0.39 is 18.3 Å². The van der Waals surface area contributed by atoms with E-state index in [0.29, 0.717) is 12.3 Å².